The van der Waals surface area contributed by atoms with Gasteiger partial charge in [0.15, 0.2) is 0 Å². The number of amides is 2. The molecule has 0 bridgehead atoms. The fraction of sp³-hybridized carbons (Fsp3) is 0.462. The van der Waals surface area contributed by atoms with Gasteiger partial charge in [-0.3, -0.25) is 9.59 Å². The van der Waals surface area contributed by atoms with Gasteiger partial charge in [-0.05, 0) is 68.1 Å². The zero-order chi connectivity index (χ0) is 25.1. The van der Waals surface area contributed by atoms with Crippen molar-refractivity contribution in [3.8, 4) is 11.5 Å². The van der Waals surface area contributed by atoms with Gasteiger partial charge in [-0.2, -0.15) is 0 Å². The number of hydrogen-bond donors (Lipinski definition) is 1. The molecule has 34 heavy (non-hydrogen) atoms. The van der Waals surface area contributed by atoms with Crippen molar-refractivity contribution in [2.45, 2.75) is 65.1 Å². The number of nitrogens with zero attached hydrogens (tertiary/aromatic N) is 1. The second kappa shape index (κ2) is 14.1. The molecule has 0 fully saturated rings. The molecule has 2 aromatic rings. The Labute approximate surface area is 212 Å². The lowest BCUT2D eigenvalue weighted by molar-refractivity contribution is -0.141. The van der Waals surface area contributed by atoms with E-state index in [0.29, 0.717) is 35.2 Å². The number of nitrogens with one attached hydrogen (secondary N) is 1. The first kappa shape index (κ1) is 27.8. The smallest absolute Gasteiger partial charge is 0.243 e. The quantitative estimate of drug-likeness (QED) is 0.343. The second-order valence-corrected chi connectivity index (χ2v) is 8.97. The fourth-order valence-corrected chi connectivity index (χ4v) is 3.89. The van der Waals surface area contributed by atoms with E-state index in [-0.39, 0.29) is 30.8 Å². The summed E-state index contributed by atoms with van der Waals surface area (Å²) in [5.74, 6) is 1.16. The summed E-state index contributed by atoms with van der Waals surface area (Å²) in [6, 6.07) is 11.9. The summed E-state index contributed by atoms with van der Waals surface area (Å²) in [6.07, 6.45) is 2.05. The number of halogens is 2. The number of rotatable bonds is 13. The summed E-state index contributed by atoms with van der Waals surface area (Å²) < 4.78 is 10.9. The van der Waals surface area contributed by atoms with E-state index in [2.05, 4.69) is 5.32 Å². The maximum absolute atomic E-state index is 13.3. The first-order chi connectivity index (χ1) is 16.3. The van der Waals surface area contributed by atoms with Gasteiger partial charge in [0.1, 0.15) is 17.5 Å². The molecule has 0 radical (unpaired) electrons. The van der Waals surface area contributed by atoms with Crippen LogP contribution in [0.3, 0.4) is 0 Å². The highest BCUT2D eigenvalue weighted by Crippen LogP contribution is 2.24. The predicted octanol–water partition coefficient (Wildman–Crippen LogP) is 5.88. The van der Waals surface area contributed by atoms with Crippen molar-refractivity contribution < 1.29 is 19.1 Å². The van der Waals surface area contributed by atoms with E-state index in [1.165, 1.54) is 0 Å². The van der Waals surface area contributed by atoms with E-state index in [1.807, 2.05) is 45.0 Å². The minimum Gasteiger partial charge on any atom is -0.497 e. The normalized spacial score (nSPS) is 12.5. The van der Waals surface area contributed by atoms with Gasteiger partial charge in [-0.15, -0.1) is 0 Å². The summed E-state index contributed by atoms with van der Waals surface area (Å²) in [6.45, 7) is 6.45. The SMILES string of the molecule is CCC(C)NC(=O)C(CC)N(Cc1ccc(Cl)cc1Cl)C(=O)CCCOc1ccc(OC)cc1. The monoisotopic (exact) mass is 508 g/mol. The average molecular weight is 509 g/mol. The molecular formula is C26H34Cl2N2O4. The Morgan fingerprint density at radius 3 is 2.29 bits per heavy atom. The van der Waals surface area contributed by atoms with E-state index < -0.39 is 6.04 Å². The number of carbonyl (C=O) groups is 2. The molecule has 2 aromatic carbocycles. The molecule has 186 valence electrons. The van der Waals surface area contributed by atoms with Crippen molar-refractivity contribution in [3.05, 3.63) is 58.1 Å². The Morgan fingerprint density at radius 2 is 1.71 bits per heavy atom. The van der Waals surface area contributed by atoms with Crippen LogP contribution in [0.2, 0.25) is 10.0 Å². The van der Waals surface area contributed by atoms with Crippen LogP contribution in [0.5, 0.6) is 11.5 Å². The fourth-order valence-electron chi connectivity index (χ4n) is 3.42. The number of hydrogen-bond acceptors (Lipinski definition) is 4. The maximum Gasteiger partial charge on any atom is 0.243 e. The van der Waals surface area contributed by atoms with Crippen molar-refractivity contribution in [1.29, 1.82) is 0 Å². The Morgan fingerprint density at radius 1 is 1.03 bits per heavy atom. The number of ether oxygens (including phenoxy) is 2. The van der Waals surface area contributed by atoms with E-state index in [1.54, 1.807) is 30.2 Å². The van der Waals surface area contributed by atoms with Crippen molar-refractivity contribution in [1.82, 2.24) is 10.2 Å². The van der Waals surface area contributed by atoms with Gasteiger partial charge >= 0.3 is 0 Å². The average Bonchev–Trinajstić information content (AvgIpc) is 2.83. The number of benzene rings is 2. The van der Waals surface area contributed by atoms with Gasteiger partial charge in [-0.25, -0.2) is 0 Å². The molecule has 2 rings (SSSR count). The molecule has 8 heteroatoms. The molecule has 0 aliphatic rings. The molecule has 0 saturated carbocycles. The van der Waals surface area contributed by atoms with Crippen molar-refractivity contribution in [2.24, 2.45) is 0 Å². The number of methoxy groups -OCH3 is 1. The van der Waals surface area contributed by atoms with Crippen LogP contribution in [-0.2, 0) is 16.1 Å². The third-order valence-corrected chi connectivity index (χ3v) is 6.19. The minimum atomic E-state index is -0.601. The Hall–Kier alpha value is -2.44. The van der Waals surface area contributed by atoms with Crippen LogP contribution in [0.4, 0.5) is 0 Å². The van der Waals surface area contributed by atoms with E-state index >= 15 is 0 Å². The Bertz CT molecular complexity index is 937. The van der Waals surface area contributed by atoms with Gasteiger partial charge in [0.25, 0.3) is 0 Å². The van der Waals surface area contributed by atoms with E-state index in [0.717, 1.165) is 17.7 Å². The van der Waals surface area contributed by atoms with Gasteiger partial charge in [0, 0.05) is 29.1 Å². The van der Waals surface area contributed by atoms with Crippen LogP contribution in [-0.4, -0.2) is 42.5 Å². The zero-order valence-electron chi connectivity index (χ0n) is 20.3. The lowest BCUT2D eigenvalue weighted by atomic mass is 10.1. The first-order valence-corrected chi connectivity index (χ1v) is 12.3. The lowest BCUT2D eigenvalue weighted by Crippen LogP contribution is -2.50. The van der Waals surface area contributed by atoms with Crippen LogP contribution in [0.1, 0.15) is 52.0 Å². The van der Waals surface area contributed by atoms with E-state index in [9.17, 15) is 9.59 Å². The highest BCUT2D eigenvalue weighted by molar-refractivity contribution is 6.35. The van der Waals surface area contributed by atoms with Crippen LogP contribution in [0, 0.1) is 0 Å². The van der Waals surface area contributed by atoms with Crippen molar-refractivity contribution in [2.75, 3.05) is 13.7 Å². The summed E-state index contributed by atoms with van der Waals surface area (Å²) in [4.78, 5) is 27.9. The molecule has 0 aliphatic carbocycles. The van der Waals surface area contributed by atoms with E-state index in [4.69, 9.17) is 32.7 Å². The van der Waals surface area contributed by atoms with Crippen LogP contribution in [0.25, 0.3) is 0 Å². The van der Waals surface area contributed by atoms with Gasteiger partial charge in [-0.1, -0.05) is 43.1 Å². The maximum atomic E-state index is 13.3. The first-order valence-electron chi connectivity index (χ1n) is 11.6. The predicted molar refractivity (Wildman–Crippen MR) is 137 cm³/mol. The molecule has 0 heterocycles. The zero-order valence-corrected chi connectivity index (χ0v) is 21.8. The molecule has 0 spiro atoms. The van der Waals surface area contributed by atoms with Crippen LogP contribution < -0.4 is 14.8 Å². The van der Waals surface area contributed by atoms with Gasteiger partial charge < -0.3 is 19.7 Å². The molecule has 0 aromatic heterocycles. The highest BCUT2D eigenvalue weighted by atomic mass is 35.5. The molecule has 0 aliphatic heterocycles. The Balaban J connectivity index is 2.09. The number of carbonyl (C=O) groups excluding carboxylic acids is 2. The summed E-state index contributed by atoms with van der Waals surface area (Å²) in [5, 5.41) is 3.98. The summed E-state index contributed by atoms with van der Waals surface area (Å²) in [7, 11) is 1.61. The largest absolute Gasteiger partial charge is 0.497 e. The van der Waals surface area contributed by atoms with Crippen LogP contribution >= 0.6 is 23.2 Å². The van der Waals surface area contributed by atoms with Gasteiger partial charge in [0.05, 0.1) is 13.7 Å². The molecular weight excluding hydrogens is 475 g/mol. The summed E-state index contributed by atoms with van der Waals surface area (Å²) >= 11 is 12.4. The van der Waals surface area contributed by atoms with Gasteiger partial charge in [0.2, 0.25) is 11.8 Å². The highest BCUT2D eigenvalue weighted by Gasteiger charge is 2.29. The molecule has 0 saturated heterocycles. The van der Waals surface area contributed by atoms with Crippen molar-refractivity contribution in [3.63, 3.8) is 0 Å². The van der Waals surface area contributed by atoms with Crippen molar-refractivity contribution >= 4 is 35.0 Å². The summed E-state index contributed by atoms with van der Waals surface area (Å²) in [5.41, 5.74) is 0.740. The molecule has 2 atom stereocenters. The third-order valence-electron chi connectivity index (χ3n) is 5.61. The molecule has 2 unspecified atom stereocenters. The molecule has 6 nitrogen and oxygen atoms in total. The molecule has 1 N–H and O–H groups in total. The third kappa shape index (κ3) is 8.41. The Kier molecular flexibility index (Phi) is 11.5. The molecule has 2 amide bonds. The standard InChI is InChI=1S/C26H34Cl2N2O4/c1-5-18(3)29-26(32)24(6-2)30(17-19-9-10-20(27)16-23(19)28)25(31)8-7-15-34-22-13-11-21(33-4)12-14-22/h9-14,16,18,24H,5-8,15,17H2,1-4H3,(H,29,32). The lowest BCUT2D eigenvalue weighted by Gasteiger charge is -2.32. The minimum absolute atomic E-state index is 0.0236. The topological polar surface area (TPSA) is 67.9 Å². The second-order valence-electron chi connectivity index (χ2n) is 8.13. The van der Waals surface area contributed by atoms with Crippen LogP contribution in [0.15, 0.2) is 42.5 Å².